The Balaban J connectivity index is 4.22. The smallest absolute Gasteiger partial charge is 0.229 e. The molecule has 15 heavy (non-hydrogen) atoms. The van der Waals surface area contributed by atoms with Gasteiger partial charge in [0.05, 0.1) is 0 Å². The van der Waals surface area contributed by atoms with E-state index in [1.807, 2.05) is 0 Å². The van der Waals surface area contributed by atoms with Crippen LogP contribution in [0, 0.1) is 11.8 Å². The number of carbonyl (C=O) groups excluding carboxylic acids is 2. The van der Waals surface area contributed by atoms with E-state index in [9.17, 15) is 9.59 Å². The van der Waals surface area contributed by atoms with Gasteiger partial charge in [-0.3, -0.25) is 9.59 Å². The number of carbonyl (C=O) groups is 2. The van der Waals surface area contributed by atoms with Gasteiger partial charge in [-0.2, -0.15) is 0 Å². The molecule has 88 valence electrons. The molecule has 0 fully saturated rings. The van der Waals surface area contributed by atoms with Crippen LogP contribution in [0.4, 0.5) is 0 Å². The van der Waals surface area contributed by atoms with Crippen molar-refractivity contribution in [3.05, 3.63) is 0 Å². The maximum Gasteiger partial charge on any atom is 0.229 e. The zero-order chi connectivity index (χ0) is 11.8. The fourth-order valence-electron chi connectivity index (χ4n) is 1.69. The molecule has 0 aromatic carbocycles. The highest BCUT2D eigenvalue weighted by Crippen LogP contribution is 2.21. The van der Waals surface area contributed by atoms with Gasteiger partial charge in [0.25, 0.3) is 0 Å². The molecule has 4 N–H and O–H groups in total. The molecule has 0 radical (unpaired) electrons. The second-order valence-electron chi connectivity index (χ2n) is 4.01. The molecule has 0 spiro atoms. The van der Waals surface area contributed by atoms with E-state index in [0.717, 1.165) is 25.7 Å². The fraction of sp³-hybridized carbons (Fsp3) is 0.818. The van der Waals surface area contributed by atoms with Crippen molar-refractivity contribution in [3.63, 3.8) is 0 Å². The number of primary amides is 2. The fourth-order valence-corrected chi connectivity index (χ4v) is 1.69. The van der Waals surface area contributed by atoms with Gasteiger partial charge >= 0.3 is 0 Å². The molecule has 0 saturated heterocycles. The van der Waals surface area contributed by atoms with Crippen molar-refractivity contribution in [2.24, 2.45) is 23.3 Å². The van der Waals surface area contributed by atoms with Crippen LogP contribution in [0.2, 0.25) is 0 Å². The number of rotatable bonds is 8. The van der Waals surface area contributed by atoms with Gasteiger partial charge in [0, 0.05) is 0 Å². The summed E-state index contributed by atoms with van der Waals surface area (Å²) in [5.74, 6) is -1.63. The lowest BCUT2D eigenvalue weighted by Gasteiger charge is -2.18. The zero-order valence-corrected chi connectivity index (χ0v) is 9.66. The lowest BCUT2D eigenvalue weighted by Crippen LogP contribution is -2.36. The van der Waals surface area contributed by atoms with Gasteiger partial charge in [-0.15, -0.1) is 0 Å². The van der Waals surface area contributed by atoms with Gasteiger partial charge in [-0.05, 0) is 12.3 Å². The molecule has 0 bridgehead atoms. The third-order valence-corrected chi connectivity index (χ3v) is 2.80. The van der Waals surface area contributed by atoms with Crippen molar-refractivity contribution in [1.82, 2.24) is 0 Å². The topological polar surface area (TPSA) is 86.2 Å². The van der Waals surface area contributed by atoms with Crippen molar-refractivity contribution < 1.29 is 9.59 Å². The van der Waals surface area contributed by atoms with E-state index in [2.05, 4.69) is 13.8 Å². The predicted octanol–water partition coefficient (Wildman–Crippen LogP) is 1.18. The van der Waals surface area contributed by atoms with Crippen molar-refractivity contribution in [2.75, 3.05) is 0 Å². The van der Waals surface area contributed by atoms with Crippen LogP contribution in [0.15, 0.2) is 0 Å². The largest absolute Gasteiger partial charge is 0.369 e. The van der Waals surface area contributed by atoms with Crippen molar-refractivity contribution in [2.45, 2.75) is 46.0 Å². The summed E-state index contributed by atoms with van der Waals surface area (Å²) < 4.78 is 0. The third-order valence-electron chi connectivity index (χ3n) is 2.80. The summed E-state index contributed by atoms with van der Waals surface area (Å²) in [5, 5.41) is 0. The average Bonchev–Trinajstić information content (AvgIpc) is 2.17. The normalized spacial score (nSPS) is 12.7. The summed E-state index contributed by atoms with van der Waals surface area (Å²) >= 11 is 0. The summed E-state index contributed by atoms with van der Waals surface area (Å²) in [4.78, 5) is 22.0. The third kappa shape index (κ3) is 5.40. The Labute approximate surface area is 91.4 Å². The molecule has 4 heteroatoms. The molecule has 0 aromatic heterocycles. The van der Waals surface area contributed by atoms with Gasteiger partial charge < -0.3 is 11.5 Å². The highest BCUT2D eigenvalue weighted by atomic mass is 16.2. The van der Waals surface area contributed by atoms with Gasteiger partial charge in [-0.1, -0.05) is 39.5 Å². The molecule has 2 amide bonds. The van der Waals surface area contributed by atoms with Gasteiger partial charge in [0.1, 0.15) is 5.92 Å². The molecule has 0 heterocycles. The molecule has 1 atom stereocenters. The Morgan fingerprint density at radius 1 is 1.13 bits per heavy atom. The molecule has 0 aliphatic rings. The molecule has 0 rings (SSSR count). The van der Waals surface area contributed by atoms with Crippen molar-refractivity contribution >= 4 is 11.8 Å². The SMILES string of the molecule is CCCCC(CC)CC(C(N)=O)C(N)=O. The molecule has 0 aliphatic carbocycles. The summed E-state index contributed by atoms with van der Waals surface area (Å²) in [6.07, 6.45) is 4.72. The van der Waals surface area contributed by atoms with E-state index in [1.165, 1.54) is 0 Å². The molecule has 0 aliphatic heterocycles. The van der Waals surface area contributed by atoms with E-state index in [-0.39, 0.29) is 0 Å². The lowest BCUT2D eigenvalue weighted by atomic mass is 9.88. The molecule has 0 saturated carbocycles. The zero-order valence-electron chi connectivity index (χ0n) is 9.66. The van der Waals surface area contributed by atoms with Crippen LogP contribution < -0.4 is 11.5 Å². The highest BCUT2D eigenvalue weighted by Gasteiger charge is 2.24. The molecule has 1 unspecified atom stereocenters. The Morgan fingerprint density at radius 3 is 2.00 bits per heavy atom. The first-order valence-electron chi connectivity index (χ1n) is 5.61. The number of nitrogens with two attached hydrogens (primary N) is 2. The van der Waals surface area contributed by atoms with E-state index >= 15 is 0 Å². The number of unbranched alkanes of at least 4 members (excludes halogenated alkanes) is 1. The van der Waals surface area contributed by atoms with Crippen LogP contribution in [0.3, 0.4) is 0 Å². The summed E-state index contributed by atoms with van der Waals surface area (Å²) in [6.45, 7) is 4.17. The first-order chi connectivity index (χ1) is 7.02. The van der Waals surface area contributed by atoms with Gasteiger partial charge in [0.2, 0.25) is 11.8 Å². The lowest BCUT2D eigenvalue weighted by molar-refractivity contribution is -0.132. The monoisotopic (exact) mass is 214 g/mol. The number of hydrogen-bond donors (Lipinski definition) is 2. The van der Waals surface area contributed by atoms with Crippen LogP contribution in [-0.4, -0.2) is 11.8 Å². The van der Waals surface area contributed by atoms with E-state index in [4.69, 9.17) is 11.5 Å². The minimum absolute atomic E-state index is 0.370. The Hall–Kier alpha value is -1.06. The number of amides is 2. The predicted molar refractivity (Wildman–Crippen MR) is 59.8 cm³/mol. The summed E-state index contributed by atoms with van der Waals surface area (Å²) in [6, 6.07) is 0. The van der Waals surface area contributed by atoms with Crippen LogP contribution in [0.5, 0.6) is 0 Å². The standard InChI is InChI=1S/C11H22N2O2/c1-3-5-6-8(4-2)7-9(10(12)14)11(13)15/h8-9H,3-7H2,1-2H3,(H2,12,14)(H2,13,15). The van der Waals surface area contributed by atoms with Crippen LogP contribution in [-0.2, 0) is 9.59 Å². The first kappa shape index (κ1) is 13.9. The van der Waals surface area contributed by atoms with E-state index < -0.39 is 17.7 Å². The second-order valence-corrected chi connectivity index (χ2v) is 4.01. The molecule has 4 nitrogen and oxygen atoms in total. The molecule has 0 aromatic rings. The molecular weight excluding hydrogens is 192 g/mol. The Bertz CT molecular complexity index is 203. The molecular formula is C11H22N2O2. The van der Waals surface area contributed by atoms with Crippen molar-refractivity contribution in [1.29, 1.82) is 0 Å². The Kier molecular flexibility index (Phi) is 6.75. The summed E-state index contributed by atoms with van der Waals surface area (Å²) in [5.41, 5.74) is 10.3. The van der Waals surface area contributed by atoms with Gasteiger partial charge in [0.15, 0.2) is 0 Å². The minimum Gasteiger partial charge on any atom is -0.369 e. The van der Waals surface area contributed by atoms with Crippen LogP contribution in [0.25, 0.3) is 0 Å². The maximum absolute atomic E-state index is 11.0. The Morgan fingerprint density at radius 2 is 1.67 bits per heavy atom. The summed E-state index contributed by atoms with van der Waals surface area (Å²) in [7, 11) is 0. The quantitative estimate of drug-likeness (QED) is 0.594. The second kappa shape index (κ2) is 7.26. The highest BCUT2D eigenvalue weighted by molar-refractivity contribution is 5.98. The van der Waals surface area contributed by atoms with E-state index in [1.54, 1.807) is 0 Å². The van der Waals surface area contributed by atoms with Crippen LogP contribution in [0.1, 0.15) is 46.0 Å². The van der Waals surface area contributed by atoms with Crippen molar-refractivity contribution in [3.8, 4) is 0 Å². The van der Waals surface area contributed by atoms with Crippen LogP contribution >= 0.6 is 0 Å². The number of hydrogen-bond acceptors (Lipinski definition) is 2. The van der Waals surface area contributed by atoms with E-state index in [0.29, 0.717) is 12.3 Å². The average molecular weight is 214 g/mol. The maximum atomic E-state index is 11.0. The van der Waals surface area contributed by atoms with Gasteiger partial charge in [-0.25, -0.2) is 0 Å². The minimum atomic E-state index is -0.799. The first-order valence-corrected chi connectivity index (χ1v) is 5.61.